The molecule has 25 heavy (non-hydrogen) atoms. The van der Waals surface area contributed by atoms with Gasteiger partial charge in [0.15, 0.2) is 11.5 Å². The summed E-state index contributed by atoms with van der Waals surface area (Å²) in [5.74, 6) is 1.87. The Balaban J connectivity index is 1.81. The molecule has 0 aliphatic rings. The fourth-order valence-corrected chi connectivity index (χ4v) is 3.22. The number of nitrogens with zero attached hydrogens (tertiary/aromatic N) is 2. The van der Waals surface area contributed by atoms with Gasteiger partial charge in [-0.3, -0.25) is 0 Å². The third-order valence-electron chi connectivity index (χ3n) is 3.57. The van der Waals surface area contributed by atoms with Gasteiger partial charge in [-0.2, -0.15) is 5.26 Å². The van der Waals surface area contributed by atoms with E-state index in [1.165, 1.54) is 11.3 Å². The molecule has 0 saturated carbocycles. The van der Waals surface area contributed by atoms with Gasteiger partial charge in [0.1, 0.15) is 23.4 Å². The summed E-state index contributed by atoms with van der Waals surface area (Å²) in [7, 11) is 3.22. The quantitative estimate of drug-likeness (QED) is 0.662. The number of methoxy groups -OCH3 is 2. The smallest absolute Gasteiger partial charge is 0.170 e. The van der Waals surface area contributed by atoms with E-state index >= 15 is 0 Å². The van der Waals surface area contributed by atoms with Crippen molar-refractivity contribution in [2.24, 2.45) is 0 Å². The first-order chi connectivity index (χ1) is 12.3. The van der Waals surface area contributed by atoms with Crippen LogP contribution in [0.1, 0.15) is 11.3 Å². The molecule has 0 atom stereocenters. The Kier molecular flexibility index (Phi) is 5.17. The normalized spacial score (nSPS) is 10.1. The molecule has 2 aromatic carbocycles. The van der Waals surface area contributed by atoms with Crippen molar-refractivity contribution in [3.05, 3.63) is 59.1 Å². The molecule has 6 heteroatoms. The topological polar surface area (TPSA) is 64.4 Å². The molecule has 0 N–H and O–H groups in total. The van der Waals surface area contributed by atoms with Crippen molar-refractivity contribution in [2.75, 3.05) is 14.2 Å². The molecule has 126 valence electrons. The van der Waals surface area contributed by atoms with E-state index in [0.717, 1.165) is 16.3 Å². The summed E-state index contributed by atoms with van der Waals surface area (Å²) < 4.78 is 16.5. The standard InChI is InChI=1S/C19H16N2O3S/c1-22-17-9-5-7-15(18(17)23-2)19-21-14(12-25-19)11-24-16-8-4-3-6-13(16)10-20/h3-9,12H,11H2,1-2H3. The first kappa shape index (κ1) is 16.8. The van der Waals surface area contributed by atoms with Gasteiger partial charge in [-0.1, -0.05) is 18.2 Å². The van der Waals surface area contributed by atoms with Crippen LogP contribution in [0.15, 0.2) is 47.8 Å². The second-order valence-electron chi connectivity index (χ2n) is 5.08. The molecule has 5 nitrogen and oxygen atoms in total. The van der Waals surface area contributed by atoms with Crippen molar-refractivity contribution in [1.29, 1.82) is 5.26 Å². The van der Waals surface area contributed by atoms with Crippen molar-refractivity contribution >= 4 is 11.3 Å². The summed E-state index contributed by atoms with van der Waals surface area (Å²) >= 11 is 1.50. The SMILES string of the molecule is COc1cccc(-c2nc(COc3ccccc3C#N)cs2)c1OC. The van der Waals surface area contributed by atoms with Crippen molar-refractivity contribution < 1.29 is 14.2 Å². The van der Waals surface area contributed by atoms with Crippen LogP contribution in [0.2, 0.25) is 0 Å². The van der Waals surface area contributed by atoms with E-state index in [-0.39, 0.29) is 0 Å². The summed E-state index contributed by atoms with van der Waals surface area (Å²) in [6.07, 6.45) is 0. The largest absolute Gasteiger partial charge is 0.493 e. The van der Waals surface area contributed by atoms with Crippen molar-refractivity contribution in [3.63, 3.8) is 0 Å². The molecular formula is C19H16N2O3S. The minimum Gasteiger partial charge on any atom is -0.493 e. The Hall–Kier alpha value is -3.04. The molecule has 0 aliphatic heterocycles. The summed E-state index contributed by atoms with van der Waals surface area (Å²) in [5.41, 5.74) is 2.17. The fraction of sp³-hybridized carbons (Fsp3) is 0.158. The number of aromatic nitrogens is 1. The van der Waals surface area contributed by atoms with E-state index in [1.807, 2.05) is 29.6 Å². The van der Waals surface area contributed by atoms with E-state index in [2.05, 4.69) is 11.1 Å². The monoisotopic (exact) mass is 352 g/mol. The first-order valence-electron chi connectivity index (χ1n) is 7.54. The van der Waals surface area contributed by atoms with Gasteiger partial charge in [-0.05, 0) is 24.3 Å². The van der Waals surface area contributed by atoms with Gasteiger partial charge >= 0.3 is 0 Å². The maximum absolute atomic E-state index is 9.11. The molecule has 0 unspecified atom stereocenters. The molecule has 0 saturated heterocycles. The third kappa shape index (κ3) is 3.57. The lowest BCUT2D eigenvalue weighted by Crippen LogP contribution is -1.98. The highest BCUT2D eigenvalue weighted by Crippen LogP contribution is 2.39. The third-order valence-corrected chi connectivity index (χ3v) is 4.49. The lowest BCUT2D eigenvalue weighted by atomic mass is 10.2. The van der Waals surface area contributed by atoms with Crippen LogP contribution in [-0.2, 0) is 6.61 Å². The molecular weight excluding hydrogens is 336 g/mol. The molecule has 1 heterocycles. The van der Waals surface area contributed by atoms with Crippen molar-refractivity contribution in [2.45, 2.75) is 6.61 Å². The number of rotatable bonds is 6. The molecule has 0 amide bonds. The van der Waals surface area contributed by atoms with Crippen LogP contribution in [0, 0.1) is 11.3 Å². The van der Waals surface area contributed by atoms with Gasteiger partial charge in [-0.25, -0.2) is 4.98 Å². The molecule has 0 radical (unpaired) electrons. The molecule has 0 fully saturated rings. The van der Waals surface area contributed by atoms with Gasteiger partial charge in [-0.15, -0.1) is 11.3 Å². The minimum absolute atomic E-state index is 0.293. The highest BCUT2D eigenvalue weighted by molar-refractivity contribution is 7.13. The predicted octanol–water partition coefficient (Wildman–Crippen LogP) is 4.28. The molecule has 3 rings (SSSR count). The molecule has 0 bridgehead atoms. The van der Waals surface area contributed by atoms with Crippen LogP contribution in [0.5, 0.6) is 17.2 Å². The Morgan fingerprint density at radius 3 is 2.60 bits per heavy atom. The predicted molar refractivity (Wildman–Crippen MR) is 96.1 cm³/mol. The van der Waals surface area contributed by atoms with Crippen LogP contribution >= 0.6 is 11.3 Å². The summed E-state index contributed by atoms with van der Waals surface area (Å²) in [4.78, 5) is 4.61. The Morgan fingerprint density at radius 2 is 1.84 bits per heavy atom. The van der Waals surface area contributed by atoms with Crippen LogP contribution in [0.25, 0.3) is 10.6 Å². The number of para-hydroxylation sites is 2. The van der Waals surface area contributed by atoms with E-state index in [9.17, 15) is 0 Å². The first-order valence-corrected chi connectivity index (χ1v) is 8.42. The molecule has 0 spiro atoms. The van der Waals surface area contributed by atoms with Crippen LogP contribution < -0.4 is 14.2 Å². The van der Waals surface area contributed by atoms with Crippen LogP contribution in [-0.4, -0.2) is 19.2 Å². The molecule has 3 aromatic rings. The van der Waals surface area contributed by atoms with Crippen LogP contribution in [0.3, 0.4) is 0 Å². The Labute approximate surface area is 150 Å². The average molecular weight is 352 g/mol. The fourth-order valence-electron chi connectivity index (χ4n) is 2.39. The van der Waals surface area contributed by atoms with E-state index in [1.54, 1.807) is 32.4 Å². The van der Waals surface area contributed by atoms with Gasteiger partial charge in [0.05, 0.1) is 31.0 Å². The number of nitriles is 1. The summed E-state index contributed by atoms with van der Waals surface area (Å²) in [6.45, 7) is 0.293. The maximum atomic E-state index is 9.11. The molecule has 1 aromatic heterocycles. The van der Waals surface area contributed by atoms with Gasteiger partial charge in [0.25, 0.3) is 0 Å². The number of benzene rings is 2. The minimum atomic E-state index is 0.293. The van der Waals surface area contributed by atoms with Crippen LogP contribution in [0.4, 0.5) is 0 Å². The second kappa shape index (κ2) is 7.69. The summed E-state index contributed by atoms with van der Waals surface area (Å²) in [5, 5.41) is 11.9. The number of hydrogen-bond donors (Lipinski definition) is 0. The average Bonchev–Trinajstić information content (AvgIpc) is 3.14. The second-order valence-corrected chi connectivity index (χ2v) is 5.94. The van der Waals surface area contributed by atoms with Gasteiger partial charge < -0.3 is 14.2 Å². The number of hydrogen-bond acceptors (Lipinski definition) is 6. The maximum Gasteiger partial charge on any atom is 0.170 e. The zero-order valence-electron chi connectivity index (χ0n) is 13.9. The summed E-state index contributed by atoms with van der Waals surface area (Å²) in [6, 6.07) is 14.9. The van der Waals surface area contributed by atoms with E-state index < -0.39 is 0 Å². The van der Waals surface area contributed by atoms with Crippen molar-refractivity contribution in [1.82, 2.24) is 4.98 Å². The van der Waals surface area contributed by atoms with Gasteiger partial charge in [0.2, 0.25) is 0 Å². The highest BCUT2D eigenvalue weighted by Gasteiger charge is 2.15. The Morgan fingerprint density at radius 1 is 1.04 bits per heavy atom. The highest BCUT2D eigenvalue weighted by atomic mass is 32.1. The lowest BCUT2D eigenvalue weighted by molar-refractivity contribution is 0.301. The zero-order chi connectivity index (χ0) is 17.6. The number of thiazole rings is 1. The lowest BCUT2D eigenvalue weighted by Gasteiger charge is -2.10. The molecule has 0 aliphatic carbocycles. The van der Waals surface area contributed by atoms with Gasteiger partial charge in [0, 0.05) is 5.38 Å². The van der Waals surface area contributed by atoms with E-state index in [0.29, 0.717) is 29.4 Å². The van der Waals surface area contributed by atoms with Crippen molar-refractivity contribution in [3.8, 4) is 33.9 Å². The Bertz CT molecular complexity index is 915. The zero-order valence-corrected chi connectivity index (χ0v) is 14.7. The number of ether oxygens (including phenoxy) is 3. The van der Waals surface area contributed by atoms with E-state index in [4.69, 9.17) is 19.5 Å².